The zero-order chi connectivity index (χ0) is 12.6. The highest BCUT2D eigenvalue weighted by atomic mass is 16.2. The summed E-state index contributed by atoms with van der Waals surface area (Å²) in [6.07, 6.45) is 1.10. The van der Waals surface area contributed by atoms with Gasteiger partial charge < -0.3 is 10.6 Å². The van der Waals surface area contributed by atoms with Crippen molar-refractivity contribution in [3.05, 3.63) is 29.3 Å². The summed E-state index contributed by atoms with van der Waals surface area (Å²) in [6, 6.07) is 5.86. The molecular formula is C14H20N2O. The van der Waals surface area contributed by atoms with Crippen molar-refractivity contribution in [3.63, 3.8) is 0 Å². The number of carbonyl (C=O) groups excluding carboxylic acids is 1. The third-order valence-corrected chi connectivity index (χ3v) is 3.56. The SMILES string of the molecule is Cc1cc(C(=O)N2CC(C)CC2C)ccc1N. The molecule has 3 nitrogen and oxygen atoms in total. The van der Waals surface area contributed by atoms with Gasteiger partial charge in [0.25, 0.3) is 5.91 Å². The van der Waals surface area contributed by atoms with E-state index in [-0.39, 0.29) is 5.91 Å². The molecule has 1 fully saturated rings. The molecule has 92 valence electrons. The van der Waals surface area contributed by atoms with Crippen molar-refractivity contribution in [1.82, 2.24) is 4.90 Å². The predicted molar refractivity (Wildman–Crippen MR) is 69.9 cm³/mol. The Balaban J connectivity index is 2.22. The molecule has 1 amide bonds. The van der Waals surface area contributed by atoms with E-state index in [0.717, 1.165) is 29.8 Å². The molecular weight excluding hydrogens is 212 g/mol. The number of anilines is 1. The Hall–Kier alpha value is -1.51. The van der Waals surface area contributed by atoms with Crippen LogP contribution in [0.5, 0.6) is 0 Å². The number of carbonyl (C=O) groups is 1. The van der Waals surface area contributed by atoms with Crippen LogP contribution in [0.2, 0.25) is 0 Å². The Bertz CT molecular complexity index is 442. The minimum Gasteiger partial charge on any atom is -0.399 e. The van der Waals surface area contributed by atoms with Crippen molar-refractivity contribution in [1.29, 1.82) is 0 Å². The molecule has 17 heavy (non-hydrogen) atoms. The third kappa shape index (κ3) is 2.28. The molecule has 2 N–H and O–H groups in total. The van der Waals surface area contributed by atoms with E-state index < -0.39 is 0 Å². The smallest absolute Gasteiger partial charge is 0.254 e. The monoisotopic (exact) mass is 232 g/mol. The molecule has 2 unspecified atom stereocenters. The maximum atomic E-state index is 12.4. The molecule has 2 rings (SSSR count). The van der Waals surface area contributed by atoms with Crippen LogP contribution in [0.3, 0.4) is 0 Å². The van der Waals surface area contributed by atoms with Crippen molar-refractivity contribution in [2.24, 2.45) is 5.92 Å². The Labute approximate surface area is 103 Å². The first-order chi connectivity index (χ1) is 7.99. The summed E-state index contributed by atoms with van der Waals surface area (Å²) in [7, 11) is 0. The summed E-state index contributed by atoms with van der Waals surface area (Å²) in [4.78, 5) is 14.3. The number of nitrogens with two attached hydrogens (primary N) is 1. The van der Waals surface area contributed by atoms with Gasteiger partial charge in [0, 0.05) is 23.8 Å². The highest BCUT2D eigenvalue weighted by Crippen LogP contribution is 2.25. The van der Waals surface area contributed by atoms with Crippen LogP contribution < -0.4 is 5.73 Å². The van der Waals surface area contributed by atoms with Gasteiger partial charge >= 0.3 is 0 Å². The van der Waals surface area contributed by atoms with Crippen molar-refractivity contribution < 1.29 is 4.79 Å². The summed E-state index contributed by atoms with van der Waals surface area (Å²) in [5.41, 5.74) is 8.22. The zero-order valence-corrected chi connectivity index (χ0v) is 10.7. The van der Waals surface area contributed by atoms with E-state index in [1.165, 1.54) is 0 Å². The molecule has 0 aromatic heterocycles. The van der Waals surface area contributed by atoms with Gasteiger partial charge in [0.15, 0.2) is 0 Å². The number of hydrogen-bond acceptors (Lipinski definition) is 2. The molecule has 0 saturated carbocycles. The van der Waals surface area contributed by atoms with Gasteiger partial charge in [-0.15, -0.1) is 0 Å². The first-order valence-electron chi connectivity index (χ1n) is 6.16. The number of hydrogen-bond donors (Lipinski definition) is 1. The fraction of sp³-hybridized carbons (Fsp3) is 0.500. The van der Waals surface area contributed by atoms with Crippen molar-refractivity contribution in [2.45, 2.75) is 33.2 Å². The van der Waals surface area contributed by atoms with Gasteiger partial charge in [-0.25, -0.2) is 0 Å². The quantitative estimate of drug-likeness (QED) is 0.756. The largest absolute Gasteiger partial charge is 0.399 e. The first kappa shape index (κ1) is 12.0. The van der Waals surface area contributed by atoms with Gasteiger partial charge in [-0.2, -0.15) is 0 Å². The van der Waals surface area contributed by atoms with Crippen molar-refractivity contribution >= 4 is 11.6 Å². The van der Waals surface area contributed by atoms with E-state index in [2.05, 4.69) is 13.8 Å². The van der Waals surface area contributed by atoms with Gasteiger partial charge in [-0.1, -0.05) is 6.92 Å². The predicted octanol–water partition coefficient (Wildman–Crippen LogP) is 2.45. The molecule has 1 saturated heterocycles. The second-order valence-electron chi connectivity index (χ2n) is 5.22. The zero-order valence-electron chi connectivity index (χ0n) is 10.7. The van der Waals surface area contributed by atoms with Crippen molar-refractivity contribution in [3.8, 4) is 0 Å². The molecule has 1 aromatic carbocycles. The summed E-state index contributed by atoms with van der Waals surface area (Å²) < 4.78 is 0. The average Bonchev–Trinajstić information content (AvgIpc) is 2.61. The summed E-state index contributed by atoms with van der Waals surface area (Å²) in [5.74, 6) is 0.730. The normalized spacial score (nSPS) is 24.1. The molecule has 0 bridgehead atoms. The molecule has 1 aliphatic rings. The molecule has 0 spiro atoms. The number of likely N-dealkylation sites (tertiary alicyclic amines) is 1. The van der Waals surface area contributed by atoms with Gasteiger partial charge in [0.2, 0.25) is 0 Å². The first-order valence-corrected chi connectivity index (χ1v) is 6.16. The number of rotatable bonds is 1. The minimum atomic E-state index is 0.130. The summed E-state index contributed by atoms with van der Waals surface area (Å²) in [6.45, 7) is 7.11. The Morgan fingerprint density at radius 1 is 1.41 bits per heavy atom. The maximum Gasteiger partial charge on any atom is 0.254 e. The lowest BCUT2D eigenvalue weighted by atomic mass is 10.1. The Kier molecular flexibility index (Phi) is 3.09. The highest BCUT2D eigenvalue weighted by Gasteiger charge is 2.30. The number of amides is 1. The van der Waals surface area contributed by atoms with Gasteiger partial charge in [-0.3, -0.25) is 4.79 Å². The van der Waals surface area contributed by atoms with E-state index in [0.29, 0.717) is 12.0 Å². The third-order valence-electron chi connectivity index (χ3n) is 3.56. The molecule has 2 atom stereocenters. The van der Waals surface area contributed by atoms with Crippen LogP contribution in [0, 0.1) is 12.8 Å². The number of nitrogens with zero attached hydrogens (tertiary/aromatic N) is 1. The van der Waals surface area contributed by atoms with Crippen LogP contribution in [-0.2, 0) is 0 Å². The van der Waals surface area contributed by atoms with E-state index in [1.807, 2.05) is 30.0 Å². The van der Waals surface area contributed by atoms with Gasteiger partial charge in [-0.05, 0) is 49.9 Å². The van der Waals surface area contributed by atoms with Gasteiger partial charge in [0.1, 0.15) is 0 Å². The van der Waals surface area contributed by atoms with Crippen LogP contribution in [0.4, 0.5) is 5.69 Å². The lowest BCUT2D eigenvalue weighted by Gasteiger charge is -2.21. The van der Waals surface area contributed by atoms with Crippen LogP contribution in [0.15, 0.2) is 18.2 Å². The topological polar surface area (TPSA) is 46.3 Å². The van der Waals surface area contributed by atoms with Crippen LogP contribution >= 0.6 is 0 Å². The summed E-state index contributed by atoms with van der Waals surface area (Å²) >= 11 is 0. The number of aryl methyl sites for hydroxylation is 1. The lowest BCUT2D eigenvalue weighted by molar-refractivity contribution is 0.0743. The molecule has 1 aliphatic heterocycles. The Morgan fingerprint density at radius 2 is 2.12 bits per heavy atom. The molecule has 0 aliphatic carbocycles. The molecule has 1 heterocycles. The lowest BCUT2D eigenvalue weighted by Crippen LogP contribution is -2.34. The summed E-state index contributed by atoms with van der Waals surface area (Å²) in [5, 5.41) is 0. The van der Waals surface area contributed by atoms with E-state index in [1.54, 1.807) is 0 Å². The van der Waals surface area contributed by atoms with E-state index >= 15 is 0 Å². The maximum absolute atomic E-state index is 12.4. The number of benzene rings is 1. The van der Waals surface area contributed by atoms with Crippen LogP contribution in [-0.4, -0.2) is 23.4 Å². The average molecular weight is 232 g/mol. The second kappa shape index (κ2) is 4.40. The molecule has 3 heteroatoms. The fourth-order valence-electron chi connectivity index (χ4n) is 2.56. The van der Waals surface area contributed by atoms with Gasteiger partial charge in [0.05, 0.1) is 0 Å². The van der Waals surface area contributed by atoms with E-state index in [4.69, 9.17) is 5.73 Å². The van der Waals surface area contributed by atoms with E-state index in [9.17, 15) is 4.79 Å². The van der Waals surface area contributed by atoms with Crippen LogP contribution in [0.1, 0.15) is 36.2 Å². The minimum absolute atomic E-state index is 0.130. The Morgan fingerprint density at radius 3 is 2.65 bits per heavy atom. The van der Waals surface area contributed by atoms with Crippen LogP contribution in [0.25, 0.3) is 0 Å². The fourth-order valence-corrected chi connectivity index (χ4v) is 2.56. The highest BCUT2D eigenvalue weighted by molar-refractivity contribution is 5.95. The van der Waals surface area contributed by atoms with Crippen molar-refractivity contribution in [2.75, 3.05) is 12.3 Å². The standard InChI is InChI=1S/C14H20N2O/c1-9-6-11(3)16(8-9)14(17)12-4-5-13(15)10(2)7-12/h4-5,7,9,11H,6,8,15H2,1-3H3. The molecule has 1 aromatic rings. The number of nitrogen functional groups attached to an aromatic ring is 1. The second-order valence-corrected chi connectivity index (χ2v) is 5.22. The molecule has 0 radical (unpaired) electrons.